The van der Waals surface area contributed by atoms with Gasteiger partial charge in [-0.2, -0.15) is 11.8 Å². The molecule has 0 atom stereocenters. The molecule has 0 saturated carbocycles. The van der Waals surface area contributed by atoms with E-state index in [1.54, 1.807) is 18.9 Å². The Kier molecular flexibility index (Phi) is 6.93. The summed E-state index contributed by atoms with van der Waals surface area (Å²) in [6, 6.07) is 5.67. The predicted molar refractivity (Wildman–Crippen MR) is 84.8 cm³/mol. The molecule has 1 aromatic carbocycles. The maximum absolute atomic E-state index is 11.1. The fourth-order valence-electron chi connectivity index (χ4n) is 1.48. The first kappa shape index (κ1) is 16.9. The lowest BCUT2D eigenvalue weighted by Gasteiger charge is -2.07. The molecule has 0 aliphatic rings. The third kappa shape index (κ3) is 6.33. The van der Waals surface area contributed by atoms with Gasteiger partial charge in [-0.3, -0.25) is 0 Å². The molecule has 0 amide bonds. The second kappa shape index (κ2) is 8.20. The number of thioether (sulfide) groups is 1. The molecule has 0 heterocycles. The molecule has 0 bridgehead atoms. The average molecular weight is 313 g/mol. The number of sulfone groups is 1. The van der Waals surface area contributed by atoms with Crippen LogP contribution in [0.1, 0.15) is 11.1 Å². The Labute approximate surface area is 125 Å². The summed E-state index contributed by atoms with van der Waals surface area (Å²) in [6.07, 6.45) is 1.25. The molecule has 6 heteroatoms. The van der Waals surface area contributed by atoms with Crippen LogP contribution in [-0.4, -0.2) is 39.8 Å². The van der Waals surface area contributed by atoms with Crippen molar-refractivity contribution in [3.05, 3.63) is 29.3 Å². The van der Waals surface area contributed by atoms with Gasteiger partial charge in [0.15, 0.2) is 0 Å². The maximum Gasteiger partial charge on any atom is 0.148 e. The first-order valence-electron chi connectivity index (χ1n) is 6.07. The minimum atomic E-state index is -2.91. The van der Waals surface area contributed by atoms with E-state index >= 15 is 0 Å². The minimum absolute atomic E-state index is 0.186. The van der Waals surface area contributed by atoms with Crippen LogP contribution < -0.4 is 10.5 Å². The van der Waals surface area contributed by atoms with Crippen LogP contribution in [-0.2, 0) is 15.6 Å². The number of nitrogens with two attached hydrogens (primary N) is 1. The van der Waals surface area contributed by atoms with E-state index in [1.807, 2.05) is 18.2 Å². The summed E-state index contributed by atoms with van der Waals surface area (Å²) in [5, 5.41) is 0. The van der Waals surface area contributed by atoms with Crippen molar-refractivity contribution in [1.29, 1.82) is 0 Å². The van der Waals surface area contributed by atoms with Gasteiger partial charge in [-0.25, -0.2) is 8.42 Å². The third-order valence-corrected chi connectivity index (χ3v) is 4.71. The van der Waals surface area contributed by atoms with E-state index in [9.17, 15) is 8.42 Å². The molecule has 20 heavy (non-hydrogen) atoms. The van der Waals surface area contributed by atoms with Crippen LogP contribution >= 0.6 is 11.8 Å². The number of hydrogen-bond acceptors (Lipinski definition) is 5. The Bertz CT molecular complexity index is 601. The largest absolute Gasteiger partial charge is 0.497 e. The van der Waals surface area contributed by atoms with Crippen molar-refractivity contribution in [2.75, 3.05) is 31.4 Å². The highest BCUT2D eigenvalue weighted by Crippen LogP contribution is 2.22. The van der Waals surface area contributed by atoms with Gasteiger partial charge in [-0.15, -0.1) is 0 Å². The van der Waals surface area contributed by atoms with Gasteiger partial charge in [0.2, 0.25) is 0 Å². The molecule has 0 aromatic heterocycles. The Balaban J connectivity index is 2.75. The van der Waals surface area contributed by atoms with Crippen molar-refractivity contribution in [1.82, 2.24) is 0 Å². The van der Waals surface area contributed by atoms with Crippen LogP contribution in [0.2, 0.25) is 0 Å². The molecule has 0 unspecified atom stereocenters. The van der Waals surface area contributed by atoms with Crippen LogP contribution in [0.15, 0.2) is 18.2 Å². The summed E-state index contributed by atoms with van der Waals surface area (Å²) >= 11 is 1.57. The minimum Gasteiger partial charge on any atom is -0.497 e. The molecule has 0 aliphatic carbocycles. The molecular formula is C14H19NO3S2. The summed E-state index contributed by atoms with van der Waals surface area (Å²) in [6.45, 7) is 0.312. The smallest absolute Gasteiger partial charge is 0.148 e. The molecule has 1 aromatic rings. The number of rotatable bonds is 6. The lowest BCUT2D eigenvalue weighted by molar-refractivity contribution is 0.414. The average Bonchev–Trinajstić information content (AvgIpc) is 2.40. The Morgan fingerprint density at radius 3 is 2.75 bits per heavy atom. The summed E-state index contributed by atoms with van der Waals surface area (Å²) in [4.78, 5) is 0. The first-order chi connectivity index (χ1) is 9.46. The molecule has 4 nitrogen and oxygen atoms in total. The first-order valence-corrected chi connectivity index (χ1v) is 9.29. The van der Waals surface area contributed by atoms with Crippen molar-refractivity contribution < 1.29 is 13.2 Å². The SMILES string of the molecule is COc1ccc(C#CCN)c(CSCCS(C)(=O)=O)c1. The van der Waals surface area contributed by atoms with Crippen molar-refractivity contribution >= 4 is 21.6 Å². The summed E-state index contributed by atoms with van der Waals surface area (Å²) in [7, 11) is -1.29. The van der Waals surface area contributed by atoms with Gasteiger partial charge in [0.05, 0.1) is 19.4 Å². The van der Waals surface area contributed by atoms with Gasteiger partial charge in [0.25, 0.3) is 0 Å². The van der Waals surface area contributed by atoms with E-state index < -0.39 is 9.84 Å². The van der Waals surface area contributed by atoms with Crippen LogP contribution in [0.3, 0.4) is 0 Å². The molecule has 0 saturated heterocycles. The summed E-state index contributed by atoms with van der Waals surface area (Å²) in [5.74, 6) is 8.06. The van der Waals surface area contributed by atoms with Gasteiger partial charge in [0, 0.05) is 23.3 Å². The number of ether oxygens (including phenoxy) is 1. The van der Waals surface area contributed by atoms with E-state index in [0.29, 0.717) is 18.1 Å². The fraction of sp³-hybridized carbons (Fsp3) is 0.429. The molecule has 1 rings (SSSR count). The number of hydrogen-bond donors (Lipinski definition) is 1. The molecule has 110 valence electrons. The third-order valence-electron chi connectivity index (χ3n) is 2.49. The molecule has 2 N–H and O–H groups in total. The highest BCUT2D eigenvalue weighted by atomic mass is 32.2. The summed E-state index contributed by atoms with van der Waals surface area (Å²) < 4.78 is 27.4. The zero-order chi connectivity index (χ0) is 15.0. The quantitative estimate of drug-likeness (QED) is 0.633. The van der Waals surface area contributed by atoms with Gasteiger partial charge in [-0.1, -0.05) is 11.8 Å². The number of methoxy groups -OCH3 is 1. The van der Waals surface area contributed by atoms with E-state index in [0.717, 1.165) is 16.9 Å². The molecule has 0 fully saturated rings. The number of benzene rings is 1. The zero-order valence-corrected chi connectivity index (χ0v) is 13.3. The van der Waals surface area contributed by atoms with E-state index in [2.05, 4.69) is 11.8 Å². The second-order valence-corrected chi connectivity index (χ2v) is 7.58. The van der Waals surface area contributed by atoms with Crippen molar-refractivity contribution in [3.8, 4) is 17.6 Å². The van der Waals surface area contributed by atoms with Gasteiger partial charge < -0.3 is 10.5 Å². The monoisotopic (exact) mass is 313 g/mol. The molecular weight excluding hydrogens is 294 g/mol. The topological polar surface area (TPSA) is 69.4 Å². The Morgan fingerprint density at radius 1 is 1.40 bits per heavy atom. The van der Waals surface area contributed by atoms with Gasteiger partial charge in [0.1, 0.15) is 15.6 Å². The molecule has 0 aliphatic heterocycles. The second-order valence-electron chi connectivity index (χ2n) is 4.21. The molecule has 0 spiro atoms. The predicted octanol–water partition coefficient (Wildman–Crippen LogP) is 1.28. The van der Waals surface area contributed by atoms with Gasteiger partial charge in [-0.05, 0) is 23.8 Å². The van der Waals surface area contributed by atoms with Crippen LogP contribution in [0.25, 0.3) is 0 Å². The molecule has 0 radical (unpaired) electrons. The van der Waals surface area contributed by atoms with Crippen molar-refractivity contribution in [2.24, 2.45) is 5.73 Å². The Hall–Kier alpha value is -1.16. The lowest BCUT2D eigenvalue weighted by Crippen LogP contribution is -2.05. The van der Waals surface area contributed by atoms with E-state index in [-0.39, 0.29) is 5.75 Å². The van der Waals surface area contributed by atoms with Crippen LogP contribution in [0, 0.1) is 11.8 Å². The maximum atomic E-state index is 11.1. The van der Waals surface area contributed by atoms with Crippen molar-refractivity contribution in [2.45, 2.75) is 5.75 Å². The van der Waals surface area contributed by atoms with E-state index in [4.69, 9.17) is 10.5 Å². The standard InChI is InChI=1S/C14H19NO3S2/c1-18-14-6-5-12(4-3-7-15)13(10-14)11-19-8-9-20(2,16)17/h5-6,10H,7-9,11,15H2,1-2H3. The summed E-state index contributed by atoms with van der Waals surface area (Å²) in [5.41, 5.74) is 7.32. The fourth-order valence-corrected chi connectivity index (χ4v) is 3.76. The van der Waals surface area contributed by atoms with E-state index in [1.165, 1.54) is 6.26 Å². The normalized spacial score (nSPS) is 10.8. The van der Waals surface area contributed by atoms with Gasteiger partial charge >= 0.3 is 0 Å². The van der Waals surface area contributed by atoms with Crippen molar-refractivity contribution in [3.63, 3.8) is 0 Å². The lowest BCUT2D eigenvalue weighted by atomic mass is 10.1. The Morgan fingerprint density at radius 2 is 2.15 bits per heavy atom. The zero-order valence-electron chi connectivity index (χ0n) is 11.7. The highest BCUT2D eigenvalue weighted by Gasteiger charge is 2.05. The van der Waals surface area contributed by atoms with Crippen LogP contribution in [0.5, 0.6) is 5.75 Å². The van der Waals surface area contributed by atoms with Crippen LogP contribution in [0.4, 0.5) is 0 Å². The highest BCUT2D eigenvalue weighted by molar-refractivity contribution is 7.99.